The molecule has 10 heteroatoms. The summed E-state index contributed by atoms with van der Waals surface area (Å²) in [6.07, 6.45) is 0. The van der Waals surface area contributed by atoms with Gasteiger partial charge in [-0.15, -0.1) is 16.4 Å². The number of aryl methyl sites for hydroxylation is 1. The molecule has 0 bridgehead atoms. The van der Waals surface area contributed by atoms with Gasteiger partial charge in [-0.1, -0.05) is 48.5 Å². The minimum absolute atomic E-state index is 0.271. The zero-order valence-electron chi connectivity index (χ0n) is 17.9. The van der Waals surface area contributed by atoms with Gasteiger partial charge in [0, 0.05) is 10.4 Å². The molecule has 0 saturated heterocycles. The number of aromatic amines is 1. The van der Waals surface area contributed by atoms with E-state index in [0.29, 0.717) is 36.0 Å². The number of rotatable bonds is 7. The number of carboxylic acids is 1. The van der Waals surface area contributed by atoms with Gasteiger partial charge in [0.1, 0.15) is 10.4 Å². The Bertz CT molecular complexity index is 1440. The third kappa shape index (κ3) is 3.74. The molecule has 3 heterocycles. The highest BCUT2D eigenvalue weighted by molar-refractivity contribution is 7.15. The van der Waals surface area contributed by atoms with Crippen LogP contribution in [0.25, 0.3) is 33.5 Å². The number of carbonyl (C=O) groups is 1. The Morgan fingerprint density at radius 3 is 2.58 bits per heavy atom. The zero-order chi connectivity index (χ0) is 22.9. The third-order valence-corrected chi connectivity index (χ3v) is 6.41. The lowest BCUT2D eigenvalue weighted by molar-refractivity contribution is 0.0703. The maximum Gasteiger partial charge on any atom is 0.348 e. The highest BCUT2D eigenvalue weighted by Crippen LogP contribution is 2.35. The number of tetrazole rings is 1. The van der Waals surface area contributed by atoms with Crippen molar-refractivity contribution in [2.45, 2.75) is 20.4 Å². The van der Waals surface area contributed by atoms with Crippen LogP contribution in [0.2, 0.25) is 0 Å². The smallest absolute Gasteiger partial charge is 0.348 e. The van der Waals surface area contributed by atoms with Crippen molar-refractivity contribution in [2.24, 2.45) is 0 Å². The van der Waals surface area contributed by atoms with Gasteiger partial charge in [0.2, 0.25) is 0 Å². The van der Waals surface area contributed by atoms with Crippen molar-refractivity contribution in [3.63, 3.8) is 0 Å². The Balaban J connectivity index is 1.52. The van der Waals surface area contributed by atoms with Crippen LogP contribution in [0.5, 0.6) is 6.01 Å². The fourth-order valence-corrected chi connectivity index (χ4v) is 4.81. The van der Waals surface area contributed by atoms with E-state index >= 15 is 0 Å². The summed E-state index contributed by atoms with van der Waals surface area (Å²) in [5.41, 5.74) is 5.20. The lowest BCUT2D eigenvalue weighted by Gasteiger charge is -2.11. The molecule has 0 atom stereocenters. The average Bonchev–Trinajstić information content (AvgIpc) is 3.54. The highest BCUT2D eigenvalue weighted by Gasteiger charge is 2.23. The summed E-state index contributed by atoms with van der Waals surface area (Å²) in [6.45, 7) is 4.64. The van der Waals surface area contributed by atoms with Crippen molar-refractivity contribution in [3.05, 3.63) is 63.8 Å². The van der Waals surface area contributed by atoms with E-state index in [2.05, 4.69) is 25.6 Å². The molecular weight excluding hydrogens is 440 g/mol. The summed E-state index contributed by atoms with van der Waals surface area (Å²) in [4.78, 5) is 17.5. The Labute approximate surface area is 192 Å². The maximum atomic E-state index is 11.8. The van der Waals surface area contributed by atoms with Crippen molar-refractivity contribution in [1.29, 1.82) is 0 Å². The second kappa shape index (κ2) is 8.47. The SMILES string of the molecule is CCOc1nc2c(C)sc(C(=O)O)c2n1Cc1ccc(-c2ccccc2-c2nnn[nH]2)cc1. The molecule has 0 saturated carbocycles. The number of aromatic nitrogens is 6. The van der Waals surface area contributed by atoms with E-state index in [4.69, 9.17) is 4.74 Å². The molecule has 0 aliphatic carbocycles. The highest BCUT2D eigenvalue weighted by atomic mass is 32.1. The van der Waals surface area contributed by atoms with Gasteiger partial charge in [0.05, 0.1) is 18.7 Å². The van der Waals surface area contributed by atoms with Crippen LogP contribution in [0.15, 0.2) is 48.5 Å². The van der Waals surface area contributed by atoms with Crippen molar-refractivity contribution >= 4 is 28.3 Å². The van der Waals surface area contributed by atoms with E-state index in [-0.39, 0.29) is 4.88 Å². The van der Waals surface area contributed by atoms with E-state index in [9.17, 15) is 9.90 Å². The first kappa shape index (κ1) is 20.8. The summed E-state index contributed by atoms with van der Waals surface area (Å²) in [5, 5.41) is 23.9. The standard InChI is InChI=1S/C23H20N6O3S/c1-3-32-23-24-18-13(2)33-20(22(30)31)19(18)29(23)12-14-8-10-15(11-9-14)16-6-4-5-7-17(16)21-25-27-28-26-21/h4-11H,3,12H2,1-2H3,(H,30,31)(H,25,26,27,28). The molecule has 0 amide bonds. The number of thiophene rings is 1. The van der Waals surface area contributed by atoms with Crippen molar-refractivity contribution in [1.82, 2.24) is 30.2 Å². The molecule has 0 radical (unpaired) electrons. The average molecular weight is 461 g/mol. The van der Waals surface area contributed by atoms with Crippen molar-refractivity contribution in [3.8, 4) is 28.5 Å². The van der Waals surface area contributed by atoms with Gasteiger partial charge in [-0.25, -0.2) is 9.89 Å². The quantitative estimate of drug-likeness (QED) is 0.369. The summed E-state index contributed by atoms with van der Waals surface area (Å²) in [6, 6.07) is 16.4. The number of ether oxygens (including phenoxy) is 1. The molecule has 33 heavy (non-hydrogen) atoms. The Morgan fingerprint density at radius 1 is 1.15 bits per heavy atom. The molecule has 5 rings (SSSR count). The van der Waals surface area contributed by atoms with Crippen LogP contribution in [0.3, 0.4) is 0 Å². The summed E-state index contributed by atoms with van der Waals surface area (Å²) < 4.78 is 7.58. The number of hydrogen-bond donors (Lipinski definition) is 2. The number of carboxylic acid groups (broad SMARTS) is 1. The fraction of sp³-hybridized carbons (Fsp3) is 0.174. The molecule has 166 valence electrons. The zero-order valence-corrected chi connectivity index (χ0v) is 18.8. The topological polar surface area (TPSA) is 119 Å². The predicted molar refractivity (Wildman–Crippen MR) is 125 cm³/mol. The normalized spacial score (nSPS) is 11.2. The second-order valence-electron chi connectivity index (χ2n) is 7.40. The Kier molecular flexibility index (Phi) is 5.35. The molecule has 2 aromatic carbocycles. The molecule has 0 aliphatic rings. The number of H-pyrrole nitrogens is 1. The number of fused-ring (bicyclic) bond motifs is 1. The molecule has 3 aromatic heterocycles. The largest absolute Gasteiger partial charge is 0.477 e. The van der Waals surface area contributed by atoms with Crippen LogP contribution in [-0.2, 0) is 6.54 Å². The number of aromatic carboxylic acids is 1. The molecule has 0 aliphatic heterocycles. The number of nitrogens with one attached hydrogen (secondary N) is 1. The van der Waals surface area contributed by atoms with Crippen LogP contribution in [0.1, 0.15) is 27.0 Å². The molecule has 0 spiro atoms. The first-order valence-corrected chi connectivity index (χ1v) is 11.2. The monoisotopic (exact) mass is 460 g/mol. The van der Waals surface area contributed by atoms with Crippen LogP contribution >= 0.6 is 11.3 Å². The van der Waals surface area contributed by atoms with Gasteiger partial charge in [0.25, 0.3) is 6.01 Å². The van der Waals surface area contributed by atoms with Crippen LogP contribution in [-0.4, -0.2) is 47.9 Å². The molecular formula is C23H20N6O3S. The Hall–Kier alpha value is -4.05. The minimum atomic E-state index is -0.962. The van der Waals surface area contributed by atoms with Crippen LogP contribution < -0.4 is 4.74 Å². The van der Waals surface area contributed by atoms with E-state index in [1.165, 1.54) is 11.3 Å². The molecule has 0 unspecified atom stereocenters. The Morgan fingerprint density at radius 2 is 1.91 bits per heavy atom. The molecule has 5 aromatic rings. The summed E-state index contributed by atoms with van der Waals surface area (Å²) in [7, 11) is 0. The van der Waals surface area contributed by atoms with Gasteiger partial charge >= 0.3 is 5.97 Å². The van der Waals surface area contributed by atoms with Gasteiger partial charge in [-0.3, -0.25) is 4.57 Å². The fourth-order valence-electron chi connectivity index (χ4n) is 3.88. The van der Waals surface area contributed by atoms with Gasteiger partial charge in [-0.05, 0) is 41.0 Å². The van der Waals surface area contributed by atoms with E-state index in [1.54, 1.807) is 0 Å². The number of imidazole rings is 1. The summed E-state index contributed by atoms with van der Waals surface area (Å²) in [5.74, 6) is -0.359. The van der Waals surface area contributed by atoms with E-state index in [0.717, 1.165) is 27.1 Å². The van der Waals surface area contributed by atoms with E-state index in [1.807, 2.05) is 66.9 Å². The lowest BCUT2D eigenvalue weighted by atomic mass is 9.98. The first-order chi connectivity index (χ1) is 16.1. The van der Waals surface area contributed by atoms with Gasteiger partial charge in [0.15, 0.2) is 5.82 Å². The molecule has 9 nitrogen and oxygen atoms in total. The molecule has 0 fully saturated rings. The third-order valence-electron chi connectivity index (χ3n) is 5.34. The van der Waals surface area contributed by atoms with Crippen molar-refractivity contribution < 1.29 is 14.6 Å². The van der Waals surface area contributed by atoms with Gasteiger partial charge < -0.3 is 9.84 Å². The number of hydrogen-bond acceptors (Lipinski definition) is 7. The van der Waals surface area contributed by atoms with Gasteiger partial charge in [-0.2, -0.15) is 4.98 Å². The summed E-state index contributed by atoms with van der Waals surface area (Å²) >= 11 is 1.24. The molecule has 2 N–H and O–H groups in total. The predicted octanol–water partition coefficient (Wildman–Crippen LogP) is 4.40. The van der Waals surface area contributed by atoms with Crippen LogP contribution in [0, 0.1) is 6.92 Å². The second-order valence-corrected chi connectivity index (χ2v) is 8.62. The first-order valence-electron chi connectivity index (χ1n) is 10.3. The van der Waals surface area contributed by atoms with E-state index < -0.39 is 5.97 Å². The lowest BCUT2D eigenvalue weighted by Crippen LogP contribution is -2.07. The number of benzene rings is 2. The van der Waals surface area contributed by atoms with Crippen molar-refractivity contribution in [2.75, 3.05) is 6.61 Å². The maximum absolute atomic E-state index is 11.8. The van der Waals surface area contributed by atoms with Crippen LogP contribution in [0.4, 0.5) is 0 Å². The minimum Gasteiger partial charge on any atom is -0.477 e. The number of nitrogens with zero attached hydrogens (tertiary/aromatic N) is 5.